The molecule has 1 aliphatic heterocycles. The molecular weight excluding hydrogens is 200 g/mol. The van der Waals surface area contributed by atoms with Crippen LogP contribution in [0.25, 0.3) is 0 Å². The van der Waals surface area contributed by atoms with Crippen molar-refractivity contribution in [3.63, 3.8) is 0 Å². The van der Waals surface area contributed by atoms with Crippen molar-refractivity contribution in [2.24, 2.45) is 11.7 Å². The van der Waals surface area contributed by atoms with E-state index in [0.717, 1.165) is 45.3 Å². The molecule has 0 saturated carbocycles. The molecule has 1 heterocycles. The van der Waals surface area contributed by atoms with Crippen LogP contribution >= 0.6 is 0 Å². The van der Waals surface area contributed by atoms with Gasteiger partial charge in [-0.3, -0.25) is 4.79 Å². The Balaban J connectivity index is 2.16. The SMILES string of the molecule is CC#CCCCCN1CCC[C@H](C(N)=O)C1. The van der Waals surface area contributed by atoms with E-state index in [2.05, 4.69) is 16.7 Å². The normalized spacial score (nSPS) is 21.2. The summed E-state index contributed by atoms with van der Waals surface area (Å²) in [6, 6.07) is 0. The van der Waals surface area contributed by atoms with Gasteiger partial charge in [-0.1, -0.05) is 0 Å². The Morgan fingerprint density at radius 3 is 3.00 bits per heavy atom. The molecule has 90 valence electrons. The summed E-state index contributed by atoms with van der Waals surface area (Å²) in [6.45, 7) is 4.93. The summed E-state index contributed by atoms with van der Waals surface area (Å²) in [5, 5.41) is 0. The first-order valence-corrected chi connectivity index (χ1v) is 6.15. The van der Waals surface area contributed by atoms with Crippen molar-refractivity contribution in [3.05, 3.63) is 0 Å². The van der Waals surface area contributed by atoms with Crippen LogP contribution in [-0.4, -0.2) is 30.4 Å². The van der Waals surface area contributed by atoms with Gasteiger partial charge in [-0.25, -0.2) is 0 Å². The number of nitrogens with zero attached hydrogens (tertiary/aromatic N) is 1. The minimum atomic E-state index is -0.137. The van der Waals surface area contributed by atoms with E-state index in [1.807, 2.05) is 6.92 Å². The van der Waals surface area contributed by atoms with E-state index in [0.29, 0.717) is 0 Å². The van der Waals surface area contributed by atoms with Crippen LogP contribution in [0.1, 0.15) is 39.0 Å². The number of unbranched alkanes of at least 4 members (excludes halogenated alkanes) is 2. The first kappa shape index (κ1) is 13.1. The van der Waals surface area contributed by atoms with E-state index in [1.54, 1.807) is 0 Å². The number of likely N-dealkylation sites (tertiary alicyclic amines) is 1. The number of carbonyl (C=O) groups is 1. The molecule has 0 aromatic carbocycles. The van der Waals surface area contributed by atoms with Gasteiger partial charge in [-0.15, -0.1) is 11.8 Å². The van der Waals surface area contributed by atoms with E-state index in [1.165, 1.54) is 6.42 Å². The summed E-state index contributed by atoms with van der Waals surface area (Å²) in [7, 11) is 0. The predicted molar refractivity (Wildman–Crippen MR) is 65.7 cm³/mol. The molecule has 1 amide bonds. The summed E-state index contributed by atoms with van der Waals surface area (Å²) in [4.78, 5) is 13.5. The highest BCUT2D eigenvalue weighted by molar-refractivity contribution is 5.76. The Morgan fingerprint density at radius 1 is 1.50 bits per heavy atom. The average molecular weight is 222 g/mol. The van der Waals surface area contributed by atoms with Crippen molar-refractivity contribution in [2.75, 3.05) is 19.6 Å². The van der Waals surface area contributed by atoms with Crippen molar-refractivity contribution in [1.82, 2.24) is 4.90 Å². The molecule has 16 heavy (non-hydrogen) atoms. The van der Waals surface area contributed by atoms with E-state index in [9.17, 15) is 4.79 Å². The van der Waals surface area contributed by atoms with Crippen molar-refractivity contribution in [2.45, 2.75) is 39.0 Å². The van der Waals surface area contributed by atoms with Gasteiger partial charge in [0.15, 0.2) is 0 Å². The number of hydrogen-bond acceptors (Lipinski definition) is 2. The molecule has 2 N–H and O–H groups in total. The van der Waals surface area contributed by atoms with Crippen LogP contribution in [0.15, 0.2) is 0 Å². The van der Waals surface area contributed by atoms with E-state index < -0.39 is 0 Å². The van der Waals surface area contributed by atoms with Gasteiger partial charge < -0.3 is 10.6 Å². The molecule has 0 radical (unpaired) electrons. The van der Waals surface area contributed by atoms with E-state index >= 15 is 0 Å². The lowest BCUT2D eigenvalue weighted by Crippen LogP contribution is -2.41. The molecule has 1 atom stereocenters. The highest BCUT2D eigenvalue weighted by Crippen LogP contribution is 2.16. The van der Waals surface area contributed by atoms with Gasteiger partial charge in [0.2, 0.25) is 5.91 Å². The summed E-state index contributed by atoms with van der Waals surface area (Å²) in [6.07, 6.45) is 5.37. The molecule has 3 nitrogen and oxygen atoms in total. The first-order valence-electron chi connectivity index (χ1n) is 6.15. The van der Waals surface area contributed by atoms with Crippen LogP contribution in [0, 0.1) is 17.8 Å². The number of nitrogens with two attached hydrogens (primary N) is 1. The van der Waals surface area contributed by atoms with Crippen molar-refractivity contribution in [3.8, 4) is 11.8 Å². The molecule has 0 unspecified atom stereocenters. The standard InChI is InChI=1S/C13H22N2O/c1-2-3-4-5-6-9-15-10-7-8-12(11-15)13(14)16/h12H,4-11H2,1H3,(H2,14,16)/t12-/m0/s1. The summed E-state index contributed by atoms with van der Waals surface area (Å²) in [5.74, 6) is 5.91. The molecule has 0 aromatic heterocycles. The average Bonchev–Trinajstić information content (AvgIpc) is 2.29. The maximum absolute atomic E-state index is 11.1. The maximum Gasteiger partial charge on any atom is 0.221 e. The third kappa shape index (κ3) is 4.67. The zero-order valence-electron chi connectivity index (χ0n) is 10.2. The fourth-order valence-corrected chi connectivity index (χ4v) is 2.16. The fraction of sp³-hybridized carbons (Fsp3) is 0.769. The zero-order chi connectivity index (χ0) is 11.8. The largest absolute Gasteiger partial charge is 0.369 e. The Morgan fingerprint density at radius 2 is 2.31 bits per heavy atom. The number of rotatable bonds is 5. The third-order valence-corrected chi connectivity index (χ3v) is 3.11. The van der Waals surface area contributed by atoms with Gasteiger partial charge >= 0.3 is 0 Å². The van der Waals surface area contributed by atoms with Crippen LogP contribution in [-0.2, 0) is 4.79 Å². The lowest BCUT2D eigenvalue weighted by molar-refractivity contribution is -0.123. The first-order chi connectivity index (χ1) is 7.74. The van der Waals surface area contributed by atoms with Gasteiger partial charge in [0, 0.05) is 13.0 Å². The Labute approximate surface area is 98.4 Å². The number of hydrogen-bond donors (Lipinski definition) is 1. The lowest BCUT2D eigenvalue weighted by atomic mass is 9.97. The van der Waals surface area contributed by atoms with Gasteiger partial charge in [-0.2, -0.15) is 0 Å². The summed E-state index contributed by atoms with van der Waals surface area (Å²) in [5.41, 5.74) is 5.34. The van der Waals surface area contributed by atoms with Crippen molar-refractivity contribution >= 4 is 5.91 Å². The van der Waals surface area contributed by atoms with Gasteiger partial charge in [-0.05, 0) is 45.7 Å². The lowest BCUT2D eigenvalue weighted by Gasteiger charge is -2.30. The highest BCUT2D eigenvalue weighted by Gasteiger charge is 2.23. The summed E-state index contributed by atoms with van der Waals surface area (Å²) < 4.78 is 0. The molecule has 0 aliphatic carbocycles. The molecule has 0 bridgehead atoms. The highest BCUT2D eigenvalue weighted by atomic mass is 16.1. The van der Waals surface area contributed by atoms with Crippen LogP contribution in [0.4, 0.5) is 0 Å². The van der Waals surface area contributed by atoms with Gasteiger partial charge in [0.1, 0.15) is 0 Å². The maximum atomic E-state index is 11.1. The smallest absolute Gasteiger partial charge is 0.221 e. The Hall–Kier alpha value is -1.01. The molecule has 1 rings (SSSR count). The Kier molecular flexibility index (Phi) is 5.95. The van der Waals surface area contributed by atoms with Crippen molar-refractivity contribution in [1.29, 1.82) is 0 Å². The zero-order valence-corrected chi connectivity index (χ0v) is 10.2. The number of carbonyl (C=O) groups excluding carboxylic acids is 1. The van der Waals surface area contributed by atoms with Crippen LogP contribution in [0.5, 0.6) is 0 Å². The molecule has 3 heteroatoms. The van der Waals surface area contributed by atoms with Crippen molar-refractivity contribution < 1.29 is 4.79 Å². The summed E-state index contributed by atoms with van der Waals surface area (Å²) >= 11 is 0. The molecule has 1 saturated heterocycles. The van der Waals surface area contributed by atoms with Gasteiger partial charge in [0.05, 0.1) is 5.92 Å². The molecule has 1 aliphatic rings. The Bertz CT molecular complexity index is 277. The van der Waals surface area contributed by atoms with Crippen LogP contribution in [0.3, 0.4) is 0 Å². The number of amides is 1. The fourth-order valence-electron chi connectivity index (χ4n) is 2.16. The second-order valence-corrected chi connectivity index (χ2v) is 4.43. The molecule has 0 aromatic rings. The second kappa shape index (κ2) is 7.29. The van der Waals surface area contributed by atoms with E-state index in [4.69, 9.17) is 5.73 Å². The van der Waals surface area contributed by atoms with Gasteiger partial charge in [0.25, 0.3) is 0 Å². The minimum absolute atomic E-state index is 0.0733. The molecule has 1 fully saturated rings. The molecule has 0 spiro atoms. The second-order valence-electron chi connectivity index (χ2n) is 4.43. The minimum Gasteiger partial charge on any atom is -0.369 e. The topological polar surface area (TPSA) is 46.3 Å². The third-order valence-electron chi connectivity index (χ3n) is 3.11. The monoisotopic (exact) mass is 222 g/mol. The molecular formula is C13H22N2O. The van der Waals surface area contributed by atoms with E-state index in [-0.39, 0.29) is 11.8 Å². The number of primary amides is 1. The predicted octanol–water partition coefficient (Wildman–Crippen LogP) is 1.38. The van der Waals surface area contributed by atoms with Crippen LogP contribution < -0.4 is 5.73 Å². The quantitative estimate of drug-likeness (QED) is 0.564. The number of piperidine rings is 1. The van der Waals surface area contributed by atoms with Crippen LogP contribution in [0.2, 0.25) is 0 Å².